The van der Waals surface area contributed by atoms with Gasteiger partial charge >= 0.3 is 5.97 Å². The summed E-state index contributed by atoms with van der Waals surface area (Å²) >= 11 is 5.57. The summed E-state index contributed by atoms with van der Waals surface area (Å²) in [6, 6.07) is 8.67. The minimum absolute atomic E-state index is 0.137. The average Bonchev–Trinajstić information content (AvgIpc) is 2.45. The predicted octanol–water partition coefficient (Wildman–Crippen LogP) is 3.41. The summed E-state index contributed by atoms with van der Waals surface area (Å²) in [5, 5.41) is 2.48. The Morgan fingerprint density at radius 1 is 1.14 bits per heavy atom. The Hall–Kier alpha value is -2.47. The highest BCUT2D eigenvalue weighted by Crippen LogP contribution is 2.15. The van der Waals surface area contributed by atoms with Crippen molar-refractivity contribution in [2.75, 3.05) is 11.9 Å². The highest BCUT2D eigenvalue weighted by Gasteiger charge is 2.15. The second kappa shape index (κ2) is 7.00. The number of anilines is 1. The molecule has 4 nitrogen and oxygen atoms in total. The zero-order valence-electron chi connectivity index (χ0n) is 11.1. The van der Waals surface area contributed by atoms with Gasteiger partial charge in [-0.25, -0.2) is 13.6 Å². The maximum Gasteiger partial charge on any atom is 0.341 e. The van der Waals surface area contributed by atoms with E-state index < -0.39 is 30.1 Å². The van der Waals surface area contributed by atoms with Gasteiger partial charge in [0.1, 0.15) is 11.6 Å². The Labute approximate surface area is 129 Å². The largest absolute Gasteiger partial charge is 0.452 e. The molecule has 22 heavy (non-hydrogen) atoms. The monoisotopic (exact) mass is 325 g/mol. The maximum atomic E-state index is 13.5. The minimum atomic E-state index is -0.997. The van der Waals surface area contributed by atoms with Gasteiger partial charge in [0.2, 0.25) is 0 Å². The third-order valence-electron chi connectivity index (χ3n) is 2.59. The van der Waals surface area contributed by atoms with Crippen molar-refractivity contribution in [3.63, 3.8) is 0 Å². The van der Waals surface area contributed by atoms with Crippen LogP contribution in [0.1, 0.15) is 10.4 Å². The molecule has 0 heterocycles. The fourth-order valence-corrected chi connectivity index (χ4v) is 1.79. The molecular formula is C15H10ClF2NO3. The van der Waals surface area contributed by atoms with Crippen molar-refractivity contribution in [1.82, 2.24) is 0 Å². The molecule has 0 aliphatic carbocycles. The van der Waals surface area contributed by atoms with E-state index in [0.717, 1.165) is 18.2 Å². The Bertz CT molecular complexity index is 722. The summed E-state index contributed by atoms with van der Waals surface area (Å²) in [6.45, 7) is -0.628. The molecule has 0 spiro atoms. The van der Waals surface area contributed by atoms with Crippen molar-refractivity contribution in [3.05, 3.63) is 64.7 Å². The number of rotatable bonds is 4. The average molecular weight is 326 g/mol. The van der Waals surface area contributed by atoms with E-state index in [0.29, 0.717) is 0 Å². The van der Waals surface area contributed by atoms with Crippen LogP contribution in [0, 0.1) is 11.6 Å². The molecule has 0 saturated carbocycles. The SMILES string of the molecule is O=C(COC(=O)c1ccc(Cl)cc1F)Nc1cccc(F)c1. The van der Waals surface area contributed by atoms with E-state index in [1.165, 1.54) is 24.3 Å². The van der Waals surface area contributed by atoms with Crippen LogP contribution in [0.4, 0.5) is 14.5 Å². The van der Waals surface area contributed by atoms with Gasteiger partial charge in [-0.05, 0) is 36.4 Å². The second-order valence-corrected chi connectivity index (χ2v) is 4.70. The standard InChI is InChI=1S/C15H10ClF2NO3/c16-9-4-5-12(13(18)6-9)15(21)22-8-14(20)19-11-3-1-2-10(17)7-11/h1-7H,8H2,(H,19,20). The molecule has 2 aromatic rings. The molecule has 2 aromatic carbocycles. The van der Waals surface area contributed by atoms with Gasteiger partial charge in [-0.2, -0.15) is 0 Å². The summed E-state index contributed by atoms with van der Waals surface area (Å²) in [7, 11) is 0. The topological polar surface area (TPSA) is 55.4 Å². The van der Waals surface area contributed by atoms with Crippen molar-refractivity contribution in [1.29, 1.82) is 0 Å². The minimum Gasteiger partial charge on any atom is -0.452 e. The fourth-order valence-electron chi connectivity index (χ4n) is 1.63. The lowest BCUT2D eigenvalue weighted by molar-refractivity contribution is -0.119. The van der Waals surface area contributed by atoms with Gasteiger partial charge in [0.05, 0.1) is 5.56 Å². The molecule has 0 saturated heterocycles. The van der Waals surface area contributed by atoms with Crippen LogP contribution in [0.2, 0.25) is 5.02 Å². The lowest BCUT2D eigenvalue weighted by atomic mass is 10.2. The van der Waals surface area contributed by atoms with Crippen LogP contribution in [-0.2, 0) is 9.53 Å². The molecule has 114 valence electrons. The lowest BCUT2D eigenvalue weighted by Gasteiger charge is -2.07. The van der Waals surface area contributed by atoms with Crippen molar-refractivity contribution in [2.45, 2.75) is 0 Å². The van der Waals surface area contributed by atoms with Gasteiger partial charge in [-0.1, -0.05) is 17.7 Å². The van der Waals surface area contributed by atoms with Crippen molar-refractivity contribution in [3.8, 4) is 0 Å². The van der Waals surface area contributed by atoms with E-state index in [9.17, 15) is 18.4 Å². The molecule has 0 bridgehead atoms. The fraction of sp³-hybridized carbons (Fsp3) is 0.0667. The Morgan fingerprint density at radius 2 is 1.91 bits per heavy atom. The normalized spacial score (nSPS) is 10.1. The first-order valence-corrected chi connectivity index (χ1v) is 6.51. The van der Waals surface area contributed by atoms with Crippen LogP contribution in [0.15, 0.2) is 42.5 Å². The van der Waals surface area contributed by atoms with E-state index in [-0.39, 0.29) is 16.3 Å². The van der Waals surface area contributed by atoms with Gasteiger partial charge in [0, 0.05) is 10.7 Å². The van der Waals surface area contributed by atoms with E-state index in [1.54, 1.807) is 0 Å². The Morgan fingerprint density at radius 3 is 2.59 bits per heavy atom. The first-order chi connectivity index (χ1) is 10.5. The van der Waals surface area contributed by atoms with Crippen molar-refractivity contribution in [2.24, 2.45) is 0 Å². The maximum absolute atomic E-state index is 13.5. The summed E-state index contributed by atoms with van der Waals surface area (Å²) in [6.07, 6.45) is 0. The van der Waals surface area contributed by atoms with E-state index in [4.69, 9.17) is 11.6 Å². The summed E-state index contributed by atoms with van der Waals surface area (Å²) in [5.41, 5.74) is -0.110. The van der Waals surface area contributed by atoms with Crippen molar-refractivity contribution < 1.29 is 23.1 Å². The zero-order chi connectivity index (χ0) is 16.1. The quantitative estimate of drug-likeness (QED) is 0.876. The Balaban J connectivity index is 1.92. The molecule has 0 fully saturated rings. The number of benzene rings is 2. The van der Waals surface area contributed by atoms with Crippen LogP contribution >= 0.6 is 11.6 Å². The molecule has 1 N–H and O–H groups in total. The van der Waals surface area contributed by atoms with E-state index >= 15 is 0 Å². The van der Waals surface area contributed by atoms with Crippen LogP contribution in [-0.4, -0.2) is 18.5 Å². The third kappa shape index (κ3) is 4.26. The Kier molecular flexibility index (Phi) is 5.06. The molecule has 7 heteroatoms. The number of hydrogen-bond acceptors (Lipinski definition) is 3. The number of halogens is 3. The first kappa shape index (κ1) is 15.9. The molecule has 0 aromatic heterocycles. The van der Waals surface area contributed by atoms with Crippen LogP contribution in [0.25, 0.3) is 0 Å². The highest BCUT2D eigenvalue weighted by atomic mass is 35.5. The van der Waals surface area contributed by atoms with Gasteiger partial charge in [-0.3, -0.25) is 4.79 Å². The van der Waals surface area contributed by atoms with Gasteiger partial charge in [0.15, 0.2) is 6.61 Å². The first-order valence-electron chi connectivity index (χ1n) is 6.13. The second-order valence-electron chi connectivity index (χ2n) is 4.26. The van der Waals surface area contributed by atoms with E-state index in [2.05, 4.69) is 10.1 Å². The van der Waals surface area contributed by atoms with Crippen molar-refractivity contribution >= 4 is 29.2 Å². The summed E-state index contributed by atoms with van der Waals surface area (Å²) < 4.78 is 31.1. The number of carbonyl (C=O) groups excluding carboxylic acids is 2. The number of nitrogens with one attached hydrogen (secondary N) is 1. The predicted molar refractivity (Wildman–Crippen MR) is 76.7 cm³/mol. The van der Waals surface area contributed by atoms with Gasteiger partial charge in [-0.15, -0.1) is 0 Å². The number of carbonyl (C=O) groups is 2. The molecule has 0 radical (unpaired) electrons. The molecule has 0 aliphatic rings. The number of hydrogen-bond donors (Lipinski definition) is 1. The third-order valence-corrected chi connectivity index (χ3v) is 2.83. The van der Waals surface area contributed by atoms with Gasteiger partial charge in [0.25, 0.3) is 5.91 Å². The summed E-state index contributed by atoms with van der Waals surface area (Å²) in [4.78, 5) is 23.2. The molecule has 0 unspecified atom stereocenters. The van der Waals surface area contributed by atoms with Crippen LogP contribution in [0.5, 0.6) is 0 Å². The zero-order valence-corrected chi connectivity index (χ0v) is 11.9. The molecule has 0 aliphatic heterocycles. The van der Waals surface area contributed by atoms with E-state index in [1.807, 2.05) is 0 Å². The lowest BCUT2D eigenvalue weighted by Crippen LogP contribution is -2.21. The smallest absolute Gasteiger partial charge is 0.341 e. The summed E-state index contributed by atoms with van der Waals surface area (Å²) in [5.74, 6) is -3.03. The van der Waals surface area contributed by atoms with Gasteiger partial charge < -0.3 is 10.1 Å². The number of ether oxygens (including phenoxy) is 1. The highest BCUT2D eigenvalue weighted by molar-refractivity contribution is 6.30. The molecule has 0 atom stereocenters. The van der Waals surface area contributed by atoms with Crippen LogP contribution < -0.4 is 5.32 Å². The molecule has 1 amide bonds. The molecule has 2 rings (SSSR count). The molecular weight excluding hydrogens is 316 g/mol. The van der Waals surface area contributed by atoms with Crippen LogP contribution in [0.3, 0.4) is 0 Å². The number of esters is 1. The number of amides is 1.